The molecular formula is C13H14F2N2O4. The molecule has 1 aliphatic rings. The van der Waals surface area contributed by atoms with Crippen LogP contribution in [0.3, 0.4) is 0 Å². The van der Waals surface area contributed by atoms with Crippen LogP contribution in [0.2, 0.25) is 0 Å². The quantitative estimate of drug-likeness (QED) is 0.654. The first-order valence-electron chi connectivity index (χ1n) is 6.49. The molecule has 2 atom stereocenters. The van der Waals surface area contributed by atoms with Crippen LogP contribution in [-0.4, -0.2) is 28.6 Å². The lowest BCUT2D eigenvalue weighted by Crippen LogP contribution is -2.39. The van der Waals surface area contributed by atoms with E-state index >= 15 is 0 Å². The molecule has 1 fully saturated rings. The summed E-state index contributed by atoms with van der Waals surface area (Å²) in [5.41, 5.74) is -1.60. The zero-order chi connectivity index (χ0) is 15.6. The third-order valence-electron chi connectivity index (χ3n) is 3.69. The van der Waals surface area contributed by atoms with Gasteiger partial charge in [0.25, 0.3) is 5.91 Å². The minimum Gasteiger partial charge on any atom is -0.396 e. The van der Waals surface area contributed by atoms with Crippen molar-refractivity contribution in [2.75, 3.05) is 6.61 Å². The van der Waals surface area contributed by atoms with Crippen molar-refractivity contribution in [3.05, 3.63) is 39.4 Å². The third kappa shape index (κ3) is 3.15. The van der Waals surface area contributed by atoms with Crippen LogP contribution in [0.25, 0.3) is 0 Å². The number of amides is 1. The van der Waals surface area contributed by atoms with Crippen molar-refractivity contribution in [2.45, 2.75) is 25.3 Å². The number of carbonyl (C=O) groups is 1. The molecule has 1 aromatic carbocycles. The van der Waals surface area contributed by atoms with E-state index in [1.54, 1.807) is 0 Å². The van der Waals surface area contributed by atoms with Gasteiger partial charge in [-0.15, -0.1) is 0 Å². The Bertz CT molecular complexity index is 580. The Hall–Kier alpha value is -2.09. The van der Waals surface area contributed by atoms with E-state index in [1.807, 2.05) is 0 Å². The summed E-state index contributed by atoms with van der Waals surface area (Å²) in [5.74, 6) is -3.37. The Kier molecular flexibility index (Phi) is 4.46. The summed E-state index contributed by atoms with van der Waals surface area (Å²) in [6, 6.07) is 0.605. The number of rotatable bonds is 4. The number of nitro benzene ring substituents is 1. The second-order valence-corrected chi connectivity index (χ2v) is 4.99. The van der Waals surface area contributed by atoms with Gasteiger partial charge in [-0.05, 0) is 18.9 Å². The molecule has 1 amide bonds. The van der Waals surface area contributed by atoms with E-state index in [0.717, 1.165) is 12.8 Å². The molecule has 8 heteroatoms. The molecule has 0 heterocycles. The number of nitrogens with zero attached hydrogens (tertiary/aromatic N) is 1. The van der Waals surface area contributed by atoms with Gasteiger partial charge >= 0.3 is 5.69 Å². The smallest absolute Gasteiger partial charge is 0.307 e. The van der Waals surface area contributed by atoms with Crippen LogP contribution in [0.4, 0.5) is 14.5 Å². The van der Waals surface area contributed by atoms with E-state index in [2.05, 4.69) is 5.32 Å². The minimum atomic E-state index is -1.27. The van der Waals surface area contributed by atoms with Crippen molar-refractivity contribution in [1.29, 1.82) is 0 Å². The summed E-state index contributed by atoms with van der Waals surface area (Å²) < 4.78 is 27.2. The van der Waals surface area contributed by atoms with Gasteiger partial charge in [-0.1, -0.05) is 6.42 Å². The fourth-order valence-corrected chi connectivity index (χ4v) is 2.54. The number of halogens is 2. The first-order valence-corrected chi connectivity index (χ1v) is 6.49. The molecular weight excluding hydrogens is 286 g/mol. The van der Waals surface area contributed by atoms with Crippen LogP contribution in [0, 0.1) is 27.7 Å². The summed E-state index contributed by atoms with van der Waals surface area (Å²) in [4.78, 5) is 21.4. The van der Waals surface area contributed by atoms with E-state index in [-0.39, 0.29) is 18.6 Å². The van der Waals surface area contributed by atoms with Crippen LogP contribution in [0.5, 0.6) is 0 Å². The highest BCUT2D eigenvalue weighted by atomic mass is 19.1. The summed E-state index contributed by atoms with van der Waals surface area (Å²) >= 11 is 0. The van der Waals surface area contributed by atoms with Crippen LogP contribution in [0.1, 0.15) is 29.6 Å². The van der Waals surface area contributed by atoms with E-state index in [1.165, 1.54) is 0 Å². The first-order chi connectivity index (χ1) is 9.93. The minimum absolute atomic E-state index is 0.0952. The first kappa shape index (κ1) is 15.3. The average molecular weight is 300 g/mol. The number of hydrogen-bond acceptors (Lipinski definition) is 4. The van der Waals surface area contributed by atoms with Crippen LogP contribution >= 0.6 is 0 Å². The maximum atomic E-state index is 13.7. The lowest BCUT2D eigenvalue weighted by Gasteiger charge is -2.19. The van der Waals surface area contributed by atoms with E-state index in [0.29, 0.717) is 18.6 Å². The predicted octanol–water partition coefficient (Wildman–Crippen LogP) is 1.76. The SMILES string of the molecule is O=C(NC1CCCC1CO)c1cc(F)c([N+](=O)[O-])cc1F. The van der Waals surface area contributed by atoms with E-state index in [9.17, 15) is 23.7 Å². The molecule has 2 N–H and O–H groups in total. The van der Waals surface area contributed by atoms with Gasteiger partial charge in [0.2, 0.25) is 5.82 Å². The molecule has 1 saturated carbocycles. The molecule has 6 nitrogen and oxygen atoms in total. The standard InChI is InChI=1S/C13H14F2N2O4/c14-9-5-12(17(20)21)10(15)4-8(9)13(19)16-11-3-1-2-7(11)6-18/h4-5,7,11,18H,1-3,6H2,(H,16,19). The van der Waals surface area contributed by atoms with Gasteiger partial charge in [0, 0.05) is 18.6 Å². The van der Waals surface area contributed by atoms with Crippen molar-refractivity contribution >= 4 is 11.6 Å². The van der Waals surface area contributed by atoms with Crippen LogP contribution in [0.15, 0.2) is 12.1 Å². The van der Waals surface area contributed by atoms with E-state index < -0.39 is 33.7 Å². The Morgan fingerprint density at radius 3 is 2.71 bits per heavy atom. The monoisotopic (exact) mass is 300 g/mol. The Morgan fingerprint density at radius 2 is 2.10 bits per heavy atom. The molecule has 0 aliphatic heterocycles. The molecule has 0 bridgehead atoms. The molecule has 114 valence electrons. The molecule has 0 spiro atoms. The summed E-state index contributed by atoms with van der Waals surface area (Å²) in [5, 5.41) is 22.2. The molecule has 2 unspecified atom stereocenters. The Morgan fingerprint density at radius 1 is 1.38 bits per heavy atom. The number of carbonyl (C=O) groups excluding carboxylic acids is 1. The zero-order valence-corrected chi connectivity index (χ0v) is 11.0. The number of nitrogens with one attached hydrogen (secondary N) is 1. The maximum absolute atomic E-state index is 13.7. The van der Waals surface area contributed by atoms with Gasteiger partial charge < -0.3 is 10.4 Å². The van der Waals surface area contributed by atoms with Crippen molar-refractivity contribution in [1.82, 2.24) is 5.32 Å². The van der Waals surface area contributed by atoms with Gasteiger partial charge in [-0.25, -0.2) is 4.39 Å². The fourth-order valence-electron chi connectivity index (χ4n) is 2.54. The molecule has 0 radical (unpaired) electrons. The van der Waals surface area contributed by atoms with Gasteiger partial charge in [-0.2, -0.15) is 4.39 Å². The lowest BCUT2D eigenvalue weighted by atomic mass is 10.0. The van der Waals surface area contributed by atoms with Crippen LogP contribution < -0.4 is 5.32 Å². The van der Waals surface area contributed by atoms with Gasteiger partial charge in [0.1, 0.15) is 5.82 Å². The normalized spacial score (nSPS) is 21.3. The third-order valence-corrected chi connectivity index (χ3v) is 3.69. The second kappa shape index (κ2) is 6.13. The number of hydrogen-bond donors (Lipinski definition) is 2. The van der Waals surface area contributed by atoms with Gasteiger partial charge in [0.05, 0.1) is 16.6 Å². The summed E-state index contributed by atoms with van der Waals surface area (Å²) in [6.45, 7) is -0.0952. The van der Waals surface area contributed by atoms with Crippen LogP contribution in [-0.2, 0) is 0 Å². The van der Waals surface area contributed by atoms with Gasteiger partial charge in [0.15, 0.2) is 0 Å². The predicted molar refractivity (Wildman–Crippen MR) is 68.7 cm³/mol. The molecule has 0 aromatic heterocycles. The molecule has 21 heavy (non-hydrogen) atoms. The second-order valence-electron chi connectivity index (χ2n) is 4.99. The highest BCUT2D eigenvalue weighted by Crippen LogP contribution is 2.26. The Labute approximate surface area is 118 Å². The molecule has 1 aromatic rings. The average Bonchev–Trinajstić information content (AvgIpc) is 2.87. The highest BCUT2D eigenvalue weighted by Gasteiger charge is 2.29. The molecule has 2 rings (SSSR count). The highest BCUT2D eigenvalue weighted by molar-refractivity contribution is 5.95. The van der Waals surface area contributed by atoms with Crippen molar-refractivity contribution < 1.29 is 23.6 Å². The van der Waals surface area contributed by atoms with Crippen molar-refractivity contribution in [2.24, 2.45) is 5.92 Å². The molecule has 0 saturated heterocycles. The largest absolute Gasteiger partial charge is 0.396 e. The number of aliphatic hydroxyl groups is 1. The zero-order valence-electron chi connectivity index (χ0n) is 11.0. The Balaban J connectivity index is 2.20. The summed E-state index contributed by atoms with van der Waals surface area (Å²) in [6.07, 6.45) is 2.22. The van der Waals surface area contributed by atoms with Crippen molar-refractivity contribution in [3.8, 4) is 0 Å². The maximum Gasteiger partial charge on any atom is 0.307 e. The number of aliphatic hydroxyl groups excluding tert-OH is 1. The number of nitro groups is 1. The number of benzene rings is 1. The van der Waals surface area contributed by atoms with Gasteiger partial charge in [-0.3, -0.25) is 14.9 Å². The lowest BCUT2D eigenvalue weighted by molar-refractivity contribution is -0.387. The summed E-state index contributed by atoms with van der Waals surface area (Å²) in [7, 11) is 0. The fraction of sp³-hybridized carbons (Fsp3) is 0.462. The molecule has 1 aliphatic carbocycles. The van der Waals surface area contributed by atoms with E-state index in [4.69, 9.17) is 5.11 Å². The topological polar surface area (TPSA) is 92.5 Å². The van der Waals surface area contributed by atoms with Crippen molar-refractivity contribution in [3.63, 3.8) is 0 Å².